The van der Waals surface area contributed by atoms with Gasteiger partial charge < -0.3 is 0 Å². The Bertz CT molecular complexity index is 178. The summed E-state index contributed by atoms with van der Waals surface area (Å²) in [5, 5.41) is 2.44. The minimum atomic E-state index is -4.20. The Kier molecular flexibility index (Phi) is 2.08. The highest BCUT2D eigenvalue weighted by Crippen LogP contribution is 2.29. The molecule has 0 aliphatic carbocycles. The van der Waals surface area contributed by atoms with Gasteiger partial charge in [0.1, 0.15) is 0 Å². The fourth-order valence-corrected chi connectivity index (χ4v) is 1.11. The number of thioether (sulfide) groups is 1. The smallest absolute Gasteiger partial charge is 0.166 e. The van der Waals surface area contributed by atoms with Crippen LogP contribution in [0.15, 0.2) is 17.7 Å². The third kappa shape index (κ3) is 1.80. The molecule has 0 atom stereocenters. The molecular weight excluding hydrogens is 161 g/mol. The predicted molar refractivity (Wildman–Crippen MR) is 34.4 cm³/mol. The third-order valence-corrected chi connectivity index (χ3v) is 1.63. The average molecular weight is 165 g/mol. The van der Waals surface area contributed by atoms with Crippen LogP contribution in [0.3, 0.4) is 0 Å². The van der Waals surface area contributed by atoms with Crippen molar-refractivity contribution in [2.24, 2.45) is 0 Å². The van der Waals surface area contributed by atoms with Gasteiger partial charge in [-0.3, -0.25) is 0 Å². The van der Waals surface area contributed by atoms with Crippen molar-refractivity contribution in [1.82, 2.24) is 0 Å². The van der Waals surface area contributed by atoms with E-state index in [9.17, 15) is 13.2 Å². The number of halogens is 3. The molecule has 0 aromatic heterocycles. The molecule has 0 nitrogen and oxygen atoms in total. The first-order valence-corrected chi connectivity index (χ1v) is 3.57. The van der Waals surface area contributed by atoms with Gasteiger partial charge >= 0.3 is 6.18 Å². The van der Waals surface area contributed by atoms with Crippen molar-refractivity contribution >= 4 is 11.8 Å². The molecule has 1 heterocycles. The van der Waals surface area contributed by atoms with Crippen LogP contribution in [0, 0.1) is 5.41 Å². The topological polar surface area (TPSA) is 0 Å². The SMILES string of the molecule is FC(F)(F)C1=CCS[C]=C1. The molecule has 1 rings (SSSR count). The second-order valence-corrected chi connectivity index (χ2v) is 2.59. The lowest BCUT2D eigenvalue weighted by molar-refractivity contribution is -0.0883. The van der Waals surface area contributed by atoms with E-state index in [1.165, 1.54) is 11.8 Å². The zero-order chi connectivity index (χ0) is 7.61. The minimum absolute atomic E-state index is 0.366. The Labute approximate surface area is 60.8 Å². The quantitative estimate of drug-likeness (QED) is 0.531. The second-order valence-electron chi connectivity index (χ2n) is 1.73. The van der Waals surface area contributed by atoms with Gasteiger partial charge in [0, 0.05) is 11.2 Å². The Hall–Kier alpha value is -0.380. The molecule has 10 heavy (non-hydrogen) atoms. The van der Waals surface area contributed by atoms with Gasteiger partial charge in [0.2, 0.25) is 0 Å². The van der Waals surface area contributed by atoms with Crippen LogP contribution >= 0.6 is 11.8 Å². The van der Waals surface area contributed by atoms with Gasteiger partial charge in [0.25, 0.3) is 0 Å². The van der Waals surface area contributed by atoms with E-state index in [1.54, 1.807) is 0 Å². The van der Waals surface area contributed by atoms with Crippen molar-refractivity contribution in [3.8, 4) is 0 Å². The summed E-state index contributed by atoms with van der Waals surface area (Å²) < 4.78 is 35.4. The summed E-state index contributed by atoms with van der Waals surface area (Å²) in [6, 6.07) is 0. The lowest BCUT2D eigenvalue weighted by atomic mass is 10.2. The van der Waals surface area contributed by atoms with Crippen molar-refractivity contribution in [2.45, 2.75) is 6.18 Å². The molecule has 55 valence electrons. The highest BCUT2D eigenvalue weighted by molar-refractivity contribution is 8.01. The Morgan fingerprint density at radius 3 is 2.50 bits per heavy atom. The summed E-state index contributed by atoms with van der Waals surface area (Å²) in [6.45, 7) is 0. The van der Waals surface area contributed by atoms with Gasteiger partial charge in [-0.25, -0.2) is 0 Å². The molecule has 0 N–H and O–H groups in total. The molecule has 0 unspecified atom stereocenters. The minimum Gasteiger partial charge on any atom is -0.166 e. The van der Waals surface area contributed by atoms with E-state index in [1.807, 2.05) is 0 Å². The number of hydrogen-bond donors (Lipinski definition) is 0. The fourth-order valence-electron chi connectivity index (χ4n) is 0.541. The van der Waals surface area contributed by atoms with Crippen LogP contribution in [-0.4, -0.2) is 11.9 Å². The molecule has 0 aromatic rings. The summed E-state index contributed by atoms with van der Waals surface area (Å²) in [5.74, 6) is 0.366. The van der Waals surface area contributed by atoms with Crippen LogP contribution in [0.4, 0.5) is 13.2 Å². The molecule has 0 aromatic carbocycles. The maximum atomic E-state index is 11.8. The molecular formula is C6H4F3S. The lowest BCUT2D eigenvalue weighted by Crippen LogP contribution is -2.11. The van der Waals surface area contributed by atoms with Crippen molar-refractivity contribution in [3.63, 3.8) is 0 Å². The second kappa shape index (κ2) is 2.70. The van der Waals surface area contributed by atoms with Crippen molar-refractivity contribution in [1.29, 1.82) is 0 Å². The molecule has 0 fully saturated rings. The number of allylic oxidation sites excluding steroid dienone is 2. The third-order valence-electron chi connectivity index (χ3n) is 1.01. The number of rotatable bonds is 0. The summed E-state index contributed by atoms with van der Waals surface area (Å²) >= 11 is 1.23. The van der Waals surface area contributed by atoms with E-state index in [-0.39, 0.29) is 0 Å². The first kappa shape index (κ1) is 7.72. The van der Waals surface area contributed by atoms with Crippen molar-refractivity contribution in [3.05, 3.63) is 23.1 Å². The molecule has 4 heteroatoms. The summed E-state index contributed by atoms with van der Waals surface area (Å²) in [4.78, 5) is 0. The maximum absolute atomic E-state index is 11.8. The van der Waals surface area contributed by atoms with E-state index < -0.39 is 11.7 Å². The van der Waals surface area contributed by atoms with Crippen molar-refractivity contribution < 1.29 is 13.2 Å². The van der Waals surface area contributed by atoms with Gasteiger partial charge in [0.15, 0.2) is 0 Å². The van der Waals surface area contributed by atoms with Crippen LogP contribution in [0.2, 0.25) is 0 Å². The zero-order valence-electron chi connectivity index (χ0n) is 4.90. The Morgan fingerprint density at radius 1 is 1.50 bits per heavy atom. The van der Waals surface area contributed by atoms with E-state index in [0.29, 0.717) is 5.75 Å². The average Bonchev–Trinajstić information content (AvgIpc) is 1.88. The molecule has 1 radical (unpaired) electrons. The molecule has 0 amide bonds. The van der Waals surface area contributed by atoms with Crippen LogP contribution in [-0.2, 0) is 0 Å². The summed E-state index contributed by atoms with van der Waals surface area (Å²) in [7, 11) is 0. The van der Waals surface area contributed by atoms with Crippen molar-refractivity contribution in [2.75, 3.05) is 5.75 Å². The van der Waals surface area contributed by atoms with Gasteiger partial charge in [-0.1, -0.05) is 6.08 Å². The highest BCUT2D eigenvalue weighted by Gasteiger charge is 2.31. The summed E-state index contributed by atoms with van der Waals surface area (Å²) in [5.41, 5.74) is -0.591. The van der Waals surface area contributed by atoms with Crippen LogP contribution in [0.5, 0.6) is 0 Å². The maximum Gasteiger partial charge on any atom is 0.416 e. The fraction of sp³-hybridized carbons (Fsp3) is 0.333. The van der Waals surface area contributed by atoms with Gasteiger partial charge in [-0.05, 0) is 6.08 Å². The first-order valence-electron chi connectivity index (χ1n) is 2.58. The van der Waals surface area contributed by atoms with E-state index in [0.717, 1.165) is 12.2 Å². The number of hydrogen-bond acceptors (Lipinski definition) is 1. The number of alkyl halides is 3. The molecule has 0 bridgehead atoms. The van der Waals surface area contributed by atoms with Crippen LogP contribution in [0.1, 0.15) is 0 Å². The molecule has 1 aliphatic heterocycles. The summed E-state index contributed by atoms with van der Waals surface area (Å²) in [6.07, 6.45) is -2.08. The monoisotopic (exact) mass is 165 g/mol. The molecule has 0 saturated carbocycles. The molecule has 0 saturated heterocycles. The first-order chi connectivity index (χ1) is 4.61. The van der Waals surface area contributed by atoms with E-state index in [4.69, 9.17) is 0 Å². The molecule has 0 spiro atoms. The highest BCUT2D eigenvalue weighted by atomic mass is 32.2. The van der Waals surface area contributed by atoms with Gasteiger partial charge in [0.05, 0.1) is 5.57 Å². The standard InChI is InChI=1S/C6H4F3S/c7-6(8,9)5-1-3-10-4-2-5/h1-2H,3H2. The Balaban J connectivity index is 2.73. The predicted octanol–water partition coefficient (Wildman–Crippen LogP) is 2.54. The van der Waals surface area contributed by atoms with E-state index >= 15 is 0 Å². The van der Waals surface area contributed by atoms with Gasteiger partial charge in [-0.15, -0.1) is 11.8 Å². The zero-order valence-corrected chi connectivity index (χ0v) is 5.72. The Morgan fingerprint density at radius 2 is 2.20 bits per heavy atom. The molecule has 1 aliphatic rings. The van der Waals surface area contributed by atoms with Gasteiger partial charge in [-0.2, -0.15) is 13.2 Å². The lowest BCUT2D eigenvalue weighted by Gasteiger charge is -2.08. The van der Waals surface area contributed by atoms with E-state index in [2.05, 4.69) is 5.41 Å². The van der Waals surface area contributed by atoms with Crippen LogP contribution in [0.25, 0.3) is 0 Å². The largest absolute Gasteiger partial charge is 0.416 e. The normalized spacial score (nSPS) is 18.9. The van der Waals surface area contributed by atoms with Crippen LogP contribution < -0.4 is 0 Å².